The Morgan fingerprint density at radius 3 is 2.36 bits per heavy atom. The number of benzene rings is 1. The van der Waals surface area contributed by atoms with Gasteiger partial charge in [0, 0.05) is 40.2 Å². The fraction of sp³-hybridized carbons (Fsp3) is 0.393. The lowest BCUT2D eigenvalue weighted by molar-refractivity contribution is 0.200. The lowest BCUT2D eigenvalue weighted by atomic mass is 9.87. The molecule has 3 aromatic heterocycles. The number of aryl methyl sites for hydroxylation is 2. The minimum absolute atomic E-state index is 0.436. The number of H-pyrrole nitrogens is 1. The second-order valence-corrected chi connectivity index (χ2v) is 9.73. The predicted molar refractivity (Wildman–Crippen MR) is 134 cm³/mol. The molecule has 0 unspecified atom stereocenters. The number of nitrogens with one attached hydrogen (secondary N) is 1. The van der Waals surface area contributed by atoms with Crippen molar-refractivity contribution in [2.24, 2.45) is 0 Å². The van der Waals surface area contributed by atoms with Gasteiger partial charge in [-0.15, -0.1) is 0 Å². The van der Waals surface area contributed by atoms with E-state index in [2.05, 4.69) is 82.9 Å². The van der Waals surface area contributed by atoms with Gasteiger partial charge < -0.3 is 4.98 Å². The third-order valence-corrected chi connectivity index (χ3v) is 6.85. The van der Waals surface area contributed by atoms with Crippen molar-refractivity contribution >= 4 is 10.9 Å². The molecule has 1 aromatic carbocycles. The van der Waals surface area contributed by atoms with Crippen molar-refractivity contribution in [3.05, 3.63) is 77.1 Å². The van der Waals surface area contributed by atoms with Crippen molar-refractivity contribution in [2.75, 3.05) is 13.1 Å². The summed E-state index contributed by atoms with van der Waals surface area (Å²) < 4.78 is 0. The second-order valence-electron chi connectivity index (χ2n) is 9.73. The Kier molecular flexibility index (Phi) is 5.98. The quantitative estimate of drug-likeness (QED) is 0.406. The summed E-state index contributed by atoms with van der Waals surface area (Å²) in [6, 6.07) is 13.3. The highest BCUT2D eigenvalue weighted by Gasteiger charge is 2.23. The summed E-state index contributed by atoms with van der Waals surface area (Å²) in [6.45, 7) is 11.8. The van der Waals surface area contributed by atoms with Gasteiger partial charge in [0.25, 0.3) is 0 Å². The van der Waals surface area contributed by atoms with Crippen LogP contribution in [0.2, 0.25) is 0 Å². The van der Waals surface area contributed by atoms with Crippen LogP contribution in [-0.4, -0.2) is 37.9 Å². The SMILES string of the molecule is Cc1cc(-c2[nH]c3ccc(C4CCN(Cc5ncccn5)CC4)cc3c2C(C)C)cc(C)n1. The van der Waals surface area contributed by atoms with E-state index in [0.29, 0.717) is 11.8 Å². The normalized spacial score (nSPS) is 15.5. The first kappa shape index (κ1) is 21.8. The van der Waals surface area contributed by atoms with Crippen molar-refractivity contribution in [3.8, 4) is 11.3 Å². The van der Waals surface area contributed by atoms with Crippen molar-refractivity contribution < 1.29 is 0 Å². The number of hydrogen-bond acceptors (Lipinski definition) is 4. The smallest absolute Gasteiger partial charge is 0.142 e. The number of aromatic nitrogens is 4. The molecule has 4 aromatic rings. The van der Waals surface area contributed by atoms with E-state index >= 15 is 0 Å². The maximum absolute atomic E-state index is 4.57. The zero-order valence-corrected chi connectivity index (χ0v) is 20.1. The molecule has 0 bridgehead atoms. The Labute approximate surface area is 196 Å². The standard InChI is InChI=1S/C28H33N5/c1-18(2)27-24-16-22(21-8-12-33(13-9-21)17-26-29-10-5-11-30-26)6-7-25(24)32-28(27)23-14-19(3)31-20(4)15-23/h5-7,10-11,14-16,18,21,32H,8-9,12-13,17H2,1-4H3. The third-order valence-electron chi connectivity index (χ3n) is 6.85. The van der Waals surface area contributed by atoms with Crippen LogP contribution in [0.5, 0.6) is 0 Å². The molecular weight excluding hydrogens is 406 g/mol. The number of hydrogen-bond donors (Lipinski definition) is 1. The Bertz CT molecular complexity index is 1230. The molecule has 33 heavy (non-hydrogen) atoms. The third kappa shape index (κ3) is 4.55. The summed E-state index contributed by atoms with van der Waals surface area (Å²) in [5.74, 6) is 1.96. The highest BCUT2D eigenvalue weighted by molar-refractivity contribution is 5.92. The molecule has 0 aliphatic carbocycles. The van der Waals surface area contributed by atoms with Crippen LogP contribution in [0.4, 0.5) is 0 Å². The van der Waals surface area contributed by atoms with Crippen LogP contribution in [0.1, 0.15) is 66.9 Å². The molecule has 1 aliphatic rings. The maximum Gasteiger partial charge on any atom is 0.142 e. The number of piperidine rings is 1. The van der Waals surface area contributed by atoms with Crippen molar-refractivity contribution in [1.29, 1.82) is 0 Å². The molecule has 5 heteroatoms. The summed E-state index contributed by atoms with van der Waals surface area (Å²) in [5.41, 5.74) is 8.70. The van der Waals surface area contributed by atoms with Gasteiger partial charge in [-0.25, -0.2) is 9.97 Å². The fourth-order valence-electron chi connectivity index (χ4n) is 5.33. The van der Waals surface area contributed by atoms with E-state index < -0.39 is 0 Å². The largest absolute Gasteiger partial charge is 0.354 e. The van der Waals surface area contributed by atoms with E-state index in [1.807, 2.05) is 18.5 Å². The number of nitrogens with zero attached hydrogens (tertiary/aromatic N) is 4. The average molecular weight is 440 g/mol. The molecule has 5 rings (SSSR count). The predicted octanol–water partition coefficient (Wildman–Crippen LogP) is 6.14. The van der Waals surface area contributed by atoms with Crippen molar-refractivity contribution in [1.82, 2.24) is 24.8 Å². The van der Waals surface area contributed by atoms with Crippen molar-refractivity contribution in [2.45, 2.75) is 58.9 Å². The zero-order valence-electron chi connectivity index (χ0n) is 20.1. The molecule has 170 valence electrons. The van der Waals surface area contributed by atoms with Crippen LogP contribution >= 0.6 is 0 Å². The Balaban J connectivity index is 1.41. The van der Waals surface area contributed by atoms with Gasteiger partial charge in [-0.05, 0) is 93.1 Å². The number of aromatic amines is 1. The first-order valence-corrected chi connectivity index (χ1v) is 12.1. The summed E-state index contributed by atoms with van der Waals surface area (Å²) >= 11 is 0. The fourth-order valence-corrected chi connectivity index (χ4v) is 5.33. The zero-order chi connectivity index (χ0) is 22.9. The van der Waals surface area contributed by atoms with E-state index in [1.54, 1.807) is 0 Å². The van der Waals surface area contributed by atoms with Gasteiger partial charge in [-0.1, -0.05) is 19.9 Å². The molecular formula is C28H33N5. The monoisotopic (exact) mass is 439 g/mol. The van der Waals surface area contributed by atoms with Gasteiger partial charge in [-0.3, -0.25) is 9.88 Å². The van der Waals surface area contributed by atoms with Gasteiger partial charge in [0.1, 0.15) is 5.82 Å². The molecule has 0 atom stereocenters. The lowest BCUT2D eigenvalue weighted by Crippen LogP contribution is -2.33. The van der Waals surface area contributed by atoms with Crippen LogP contribution in [0.3, 0.4) is 0 Å². The van der Waals surface area contributed by atoms with E-state index in [0.717, 1.165) is 36.8 Å². The molecule has 0 radical (unpaired) electrons. The summed E-state index contributed by atoms with van der Waals surface area (Å²) in [5, 5.41) is 1.37. The van der Waals surface area contributed by atoms with Crippen LogP contribution in [-0.2, 0) is 6.54 Å². The molecule has 0 saturated carbocycles. The lowest BCUT2D eigenvalue weighted by Gasteiger charge is -2.31. The number of likely N-dealkylation sites (tertiary alicyclic amines) is 1. The van der Waals surface area contributed by atoms with Crippen LogP contribution in [0.25, 0.3) is 22.2 Å². The molecule has 1 N–H and O–H groups in total. The van der Waals surface area contributed by atoms with Crippen molar-refractivity contribution in [3.63, 3.8) is 0 Å². The Hall–Kier alpha value is -3.05. The summed E-state index contributed by atoms with van der Waals surface area (Å²) in [4.78, 5) is 19.6. The molecule has 4 heterocycles. The van der Waals surface area contributed by atoms with Gasteiger partial charge in [0.15, 0.2) is 0 Å². The van der Waals surface area contributed by atoms with E-state index in [1.165, 1.54) is 46.1 Å². The van der Waals surface area contributed by atoms with Gasteiger partial charge in [0.05, 0.1) is 12.2 Å². The van der Waals surface area contributed by atoms with Crippen LogP contribution < -0.4 is 0 Å². The molecule has 0 spiro atoms. The summed E-state index contributed by atoms with van der Waals surface area (Å²) in [6.07, 6.45) is 6.01. The Morgan fingerprint density at radius 1 is 1.00 bits per heavy atom. The van der Waals surface area contributed by atoms with E-state index in [4.69, 9.17) is 0 Å². The van der Waals surface area contributed by atoms with Gasteiger partial charge >= 0.3 is 0 Å². The van der Waals surface area contributed by atoms with E-state index in [9.17, 15) is 0 Å². The van der Waals surface area contributed by atoms with Crippen LogP contribution in [0.15, 0.2) is 48.8 Å². The first-order valence-electron chi connectivity index (χ1n) is 12.1. The number of rotatable bonds is 5. The van der Waals surface area contributed by atoms with Crippen LogP contribution in [0, 0.1) is 13.8 Å². The minimum Gasteiger partial charge on any atom is -0.354 e. The number of fused-ring (bicyclic) bond motifs is 1. The van der Waals surface area contributed by atoms with Gasteiger partial charge in [0.2, 0.25) is 0 Å². The minimum atomic E-state index is 0.436. The molecule has 1 saturated heterocycles. The highest BCUT2D eigenvalue weighted by Crippen LogP contribution is 2.38. The summed E-state index contributed by atoms with van der Waals surface area (Å²) in [7, 11) is 0. The first-order chi connectivity index (χ1) is 16.0. The second kappa shape index (κ2) is 9.06. The van der Waals surface area contributed by atoms with E-state index in [-0.39, 0.29) is 0 Å². The van der Waals surface area contributed by atoms with Gasteiger partial charge in [-0.2, -0.15) is 0 Å². The molecule has 5 nitrogen and oxygen atoms in total. The maximum atomic E-state index is 4.57. The molecule has 0 amide bonds. The highest BCUT2D eigenvalue weighted by atomic mass is 15.1. The molecule has 1 aliphatic heterocycles. The Morgan fingerprint density at radius 2 is 1.70 bits per heavy atom. The molecule has 1 fully saturated rings. The average Bonchev–Trinajstić information content (AvgIpc) is 3.19. The topological polar surface area (TPSA) is 57.7 Å². The number of pyridine rings is 1.